The Labute approximate surface area is 360 Å². The Hall–Kier alpha value is -4.61. The Bertz CT molecular complexity index is 2250. The number of hydrogen-bond acceptors (Lipinski definition) is 11. The number of hydrazone groups is 2. The summed E-state index contributed by atoms with van der Waals surface area (Å²) in [5.74, 6) is -1.35. The van der Waals surface area contributed by atoms with Crippen molar-refractivity contribution in [1.82, 2.24) is 9.97 Å². The molecule has 6 rings (SSSR count). The van der Waals surface area contributed by atoms with Gasteiger partial charge in [-0.2, -0.15) is 10.2 Å². The standard InChI is InChI=1S/C20H18ClN3O2S.C18H14ClN3O2S.C2H5I.B/c1-3-26-19(25)15-9-5-4-8-14(15)12-22-24(2)20-23-18(13-27-20)16-10-6-7-11-17(16)21;1-22(20-10-12-6-2-3-7-13(12)17(23)24)18-21-16(11-25-18)14-8-4-5-9-15(14)19;1-2-3;/h4-13H,3H2,1-2H3;2-11H,1H3,(H,23,24);2H2,1H3;/b22-12+;20-10+;;. The summed E-state index contributed by atoms with van der Waals surface area (Å²) >= 11 is 17.6. The minimum absolute atomic E-state index is 0. The highest BCUT2D eigenvalue weighted by Gasteiger charge is 2.14. The summed E-state index contributed by atoms with van der Waals surface area (Å²) in [5, 5.41) is 27.7. The van der Waals surface area contributed by atoms with Gasteiger partial charge in [0.15, 0.2) is 0 Å². The molecule has 0 bridgehead atoms. The second kappa shape index (κ2) is 23.5. The van der Waals surface area contributed by atoms with Gasteiger partial charge in [0, 0.05) is 65.6 Å². The number of rotatable bonds is 11. The lowest BCUT2D eigenvalue weighted by Crippen LogP contribution is -2.11. The predicted molar refractivity (Wildman–Crippen MR) is 243 cm³/mol. The molecule has 16 heteroatoms. The molecule has 287 valence electrons. The minimum Gasteiger partial charge on any atom is -0.478 e. The van der Waals surface area contributed by atoms with Crippen molar-refractivity contribution in [3.05, 3.63) is 140 Å². The van der Waals surface area contributed by atoms with Crippen LogP contribution in [0.25, 0.3) is 22.5 Å². The number of aromatic carboxylic acids is 1. The molecule has 4 aromatic carbocycles. The molecule has 0 unspecified atom stereocenters. The smallest absolute Gasteiger partial charge is 0.338 e. The van der Waals surface area contributed by atoms with Crippen molar-refractivity contribution in [3.8, 4) is 22.5 Å². The topological polar surface area (TPSA) is 121 Å². The molecule has 6 aromatic rings. The van der Waals surface area contributed by atoms with Gasteiger partial charge < -0.3 is 9.84 Å². The number of nitrogens with zero attached hydrogens (tertiary/aromatic N) is 6. The Kier molecular flexibility index (Phi) is 19.2. The summed E-state index contributed by atoms with van der Waals surface area (Å²) in [5.41, 5.74) is 5.22. The molecule has 0 spiro atoms. The summed E-state index contributed by atoms with van der Waals surface area (Å²) in [4.78, 5) is 32.4. The maximum absolute atomic E-state index is 12.1. The maximum Gasteiger partial charge on any atom is 0.338 e. The zero-order chi connectivity index (χ0) is 39.7. The fraction of sp³-hybridized carbons (Fsp3) is 0.150. The summed E-state index contributed by atoms with van der Waals surface area (Å²) in [6.07, 6.45) is 3.14. The van der Waals surface area contributed by atoms with Crippen molar-refractivity contribution in [2.45, 2.75) is 13.8 Å². The van der Waals surface area contributed by atoms with Crippen LogP contribution in [0.15, 0.2) is 118 Å². The van der Waals surface area contributed by atoms with E-state index in [1.165, 1.54) is 33.3 Å². The largest absolute Gasteiger partial charge is 0.478 e. The van der Waals surface area contributed by atoms with Gasteiger partial charge in [-0.05, 0) is 35.6 Å². The lowest BCUT2D eigenvalue weighted by molar-refractivity contribution is 0.0525. The molecule has 2 aromatic heterocycles. The minimum atomic E-state index is -0.986. The van der Waals surface area contributed by atoms with Crippen molar-refractivity contribution < 1.29 is 19.4 Å². The number of thiazole rings is 2. The van der Waals surface area contributed by atoms with E-state index in [-0.39, 0.29) is 19.9 Å². The van der Waals surface area contributed by atoms with E-state index >= 15 is 0 Å². The van der Waals surface area contributed by atoms with Gasteiger partial charge in [-0.25, -0.2) is 29.6 Å². The average molecular weight is 939 g/mol. The fourth-order valence-electron chi connectivity index (χ4n) is 4.62. The van der Waals surface area contributed by atoms with Crippen molar-refractivity contribution >= 4 is 112 Å². The third-order valence-electron chi connectivity index (χ3n) is 7.22. The number of hydrogen-bond donors (Lipinski definition) is 1. The lowest BCUT2D eigenvalue weighted by atomic mass is 10.1. The van der Waals surface area contributed by atoms with Crippen molar-refractivity contribution in [2.24, 2.45) is 10.2 Å². The molecule has 0 aliphatic heterocycles. The van der Waals surface area contributed by atoms with Crippen molar-refractivity contribution in [2.75, 3.05) is 35.1 Å². The van der Waals surface area contributed by atoms with E-state index in [0.29, 0.717) is 38.5 Å². The van der Waals surface area contributed by atoms with Crippen molar-refractivity contribution in [1.29, 1.82) is 0 Å². The Morgan fingerprint density at radius 2 is 1.12 bits per heavy atom. The molecule has 0 aliphatic carbocycles. The number of carboxylic acids is 1. The molecule has 0 aliphatic rings. The van der Waals surface area contributed by atoms with Crippen LogP contribution < -0.4 is 10.0 Å². The maximum atomic E-state index is 12.1. The average Bonchev–Trinajstić information content (AvgIpc) is 3.89. The highest BCUT2D eigenvalue weighted by Crippen LogP contribution is 2.32. The van der Waals surface area contributed by atoms with Crippen LogP contribution in [0.1, 0.15) is 45.7 Å². The molecule has 0 saturated heterocycles. The van der Waals surface area contributed by atoms with Gasteiger partial charge in [-0.1, -0.05) is 126 Å². The van der Waals surface area contributed by atoms with Crippen molar-refractivity contribution in [3.63, 3.8) is 0 Å². The van der Waals surface area contributed by atoms with Gasteiger partial charge in [-0.3, -0.25) is 0 Å². The lowest BCUT2D eigenvalue weighted by Gasteiger charge is -2.09. The fourth-order valence-corrected chi connectivity index (χ4v) is 6.58. The van der Waals surface area contributed by atoms with E-state index in [2.05, 4.69) is 49.7 Å². The zero-order valence-electron chi connectivity index (χ0n) is 30.8. The van der Waals surface area contributed by atoms with Gasteiger partial charge in [-0.15, -0.1) is 22.7 Å². The molecule has 0 atom stereocenters. The quantitative estimate of drug-likeness (QED) is 0.0341. The number of carbonyl (C=O) groups excluding carboxylic acids is 1. The number of aromatic nitrogens is 2. The molecular weight excluding hydrogens is 901 g/mol. The summed E-state index contributed by atoms with van der Waals surface area (Å²) in [6, 6.07) is 29.0. The Morgan fingerprint density at radius 3 is 1.55 bits per heavy atom. The van der Waals surface area contributed by atoms with Gasteiger partial charge in [0.25, 0.3) is 0 Å². The molecule has 3 radical (unpaired) electrons. The molecule has 2 heterocycles. The third-order valence-corrected chi connectivity index (χ3v) is 9.70. The first-order chi connectivity index (χ1) is 26.6. The first-order valence-corrected chi connectivity index (χ1v) is 20.7. The van der Waals surface area contributed by atoms with E-state index in [1.807, 2.05) is 71.4 Å². The number of benzene rings is 4. The van der Waals surface area contributed by atoms with Crippen LogP contribution in [0.4, 0.5) is 10.3 Å². The van der Waals surface area contributed by atoms with E-state index in [9.17, 15) is 14.7 Å². The highest BCUT2D eigenvalue weighted by molar-refractivity contribution is 14.1. The number of anilines is 2. The second-order valence-electron chi connectivity index (χ2n) is 11.0. The Morgan fingerprint density at radius 1 is 0.732 bits per heavy atom. The number of esters is 1. The van der Waals surface area contributed by atoms with E-state index in [0.717, 1.165) is 27.6 Å². The molecule has 0 saturated carbocycles. The zero-order valence-corrected chi connectivity index (χ0v) is 36.1. The second-order valence-corrected chi connectivity index (χ2v) is 15.0. The van der Waals surface area contributed by atoms with Gasteiger partial charge in [0.2, 0.25) is 10.3 Å². The first kappa shape index (κ1) is 45.8. The SMILES string of the molecule is CCI.CCOC(=O)c1ccccc1/C=N/N(C)c1nc(-c2ccccc2Cl)cs1.CN(/N=C/c1ccccc1C(=O)O)c1nc(-c2ccccc2Cl)cs1.[B]. The normalized spacial score (nSPS) is 10.5. The summed E-state index contributed by atoms with van der Waals surface area (Å²) in [7, 11) is 3.56. The number of ether oxygens (including phenoxy) is 1. The van der Waals surface area contributed by atoms with Crippen LogP contribution >= 0.6 is 68.5 Å². The summed E-state index contributed by atoms with van der Waals surface area (Å²) < 4.78 is 6.31. The highest BCUT2D eigenvalue weighted by atomic mass is 127. The Balaban J connectivity index is 0.000000277. The van der Waals surface area contributed by atoms with Crippen LogP contribution in [0, 0.1) is 0 Å². The van der Waals surface area contributed by atoms with Crippen LogP contribution in [-0.4, -0.2) is 73.0 Å². The van der Waals surface area contributed by atoms with Gasteiger partial charge in [0.1, 0.15) is 0 Å². The van der Waals surface area contributed by atoms with Crippen LogP contribution in [0.5, 0.6) is 0 Å². The van der Waals surface area contributed by atoms with E-state index < -0.39 is 5.97 Å². The van der Waals surface area contributed by atoms with E-state index in [4.69, 9.17) is 27.9 Å². The third kappa shape index (κ3) is 13.0. The number of carbonyl (C=O) groups is 2. The molecule has 56 heavy (non-hydrogen) atoms. The molecule has 1 N–H and O–H groups in total. The molecule has 0 fully saturated rings. The first-order valence-electron chi connectivity index (χ1n) is 16.7. The van der Waals surface area contributed by atoms with Crippen LogP contribution in [-0.2, 0) is 4.74 Å². The predicted octanol–water partition coefficient (Wildman–Crippen LogP) is 10.8. The van der Waals surface area contributed by atoms with Gasteiger partial charge >= 0.3 is 11.9 Å². The monoisotopic (exact) mass is 937 g/mol. The molecular formula is C40H37BCl2IN6O4S2. The molecule has 0 amide bonds. The van der Waals surface area contributed by atoms with Crippen LogP contribution in [0.3, 0.4) is 0 Å². The number of carboxylic acid groups (broad SMARTS) is 1. The number of alkyl halides is 1. The van der Waals surface area contributed by atoms with Crippen LogP contribution in [0.2, 0.25) is 10.0 Å². The summed E-state index contributed by atoms with van der Waals surface area (Å²) in [6.45, 7) is 4.22. The van der Waals surface area contributed by atoms with Gasteiger partial charge in [0.05, 0.1) is 41.6 Å². The molecule has 10 nitrogen and oxygen atoms in total. The number of halogens is 3. The van der Waals surface area contributed by atoms with E-state index in [1.54, 1.807) is 73.6 Å².